The van der Waals surface area contributed by atoms with Crippen molar-refractivity contribution in [2.75, 3.05) is 5.73 Å². The fraction of sp³-hybridized carbons (Fsp3) is 0.0909. The predicted molar refractivity (Wildman–Crippen MR) is 62.0 cm³/mol. The standard InChI is InChI=1S/C11H10N2OS/c1-7(14)10-9(13-11(12)15-10)8-5-3-2-4-6-8/h2-6H,1H3,(H2,12,13). The maximum atomic E-state index is 11.4. The maximum absolute atomic E-state index is 11.4. The summed E-state index contributed by atoms with van der Waals surface area (Å²) in [4.78, 5) is 16.2. The number of nitrogens with zero attached hydrogens (tertiary/aromatic N) is 1. The lowest BCUT2D eigenvalue weighted by Crippen LogP contribution is -1.91. The third-order valence-electron chi connectivity index (χ3n) is 2.01. The van der Waals surface area contributed by atoms with Crippen molar-refractivity contribution in [3.63, 3.8) is 0 Å². The minimum atomic E-state index is 0.00283. The molecule has 2 N–H and O–H groups in total. The number of carbonyl (C=O) groups is 1. The molecule has 0 saturated heterocycles. The van der Waals surface area contributed by atoms with Gasteiger partial charge in [-0.15, -0.1) is 0 Å². The van der Waals surface area contributed by atoms with E-state index in [9.17, 15) is 4.79 Å². The average molecular weight is 218 g/mol. The summed E-state index contributed by atoms with van der Waals surface area (Å²) in [5, 5.41) is 0.430. The molecule has 2 rings (SSSR count). The molecule has 2 aromatic rings. The van der Waals surface area contributed by atoms with Gasteiger partial charge in [0.05, 0.1) is 10.6 Å². The molecule has 15 heavy (non-hydrogen) atoms. The molecule has 76 valence electrons. The van der Waals surface area contributed by atoms with E-state index in [1.54, 1.807) is 0 Å². The highest BCUT2D eigenvalue weighted by Gasteiger charge is 2.14. The number of anilines is 1. The van der Waals surface area contributed by atoms with Gasteiger partial charge in [0, 0.05) is 12.5 Å². The van der Waals surface area contributed by atoms with E-state index in [4.69, 9.17) is 5.73 Å². The molecular weight excluding hydrogens is 208 g/mol. The van der Waals surface area contributed by atoms with Crippen molar-refractivity contribution in [2.24, 2.45) is 0 Å². The van der Waals surface area contributed by atoms with Crippen LogP contribution in [-0.4, -0.2) is 10.8 Å². The number of hydrogen-bond donors (Lipinski definition) is 1. The summed E-state index contributed by atoms with van der Waals surface area (Å²) in [7, 11) is 0. The van der Waals surface area contributed by atoms with Crippen LogP contribution in [0.2, 0.25) is 0 Å². The smallest absolute Gasteiger partial charge is 0.181 e. The number of hydrogen-bond acceptors (Lipinski definition) is 4. The molecule has 0 saturated carbocycles. The number of rotatable bonds is 2. The quantitative estimate of drug-likeness (QED) is 0.788. The molecule has 0 amide bonds. The van der Waals surface area contributed by atoms with E-state index in [0.29, 0.717) is 15.7 Å². The van der Waals surface area contributed by atoms with Crippen LogP contribution in [0.15, 0.2) is 30.3 Å². The van der Waals surface area contributed by atoms with Gasteiger partial charge in [-0.2, -0.15) is 0 Å². The second-order valence-corrected chi connectivity index (χ2v) is 4.18. The molecule has 0 aliphatic rings. The highest BCUT2D eigenvalue weighted by atomic mass is 32.1. The van der Waals surface area contributed by atoms with Crippen molar-refractivity contribution in [2.45, 2.75) is 6.92 Å². The fourth-order valence-corrected chi connectivity index (χ4v) is 2.12. The van der Waals surface area contributed by atoms with E-state index < -0.39 is 0 Å². The molecule has 1 aromatic carbocycles. The Hall–Kier alpha value is -1.68. The lowest BCUT2D eigenvalue weighted by molar-refractivity contribution is 0.102. The third-order valence-corrected chi connectivity index (χ3v) is 3.00. The van der Waals surface area contributed by atoms with Crippen molar-refractivity contribution in [1.82, 2.24) is 4.98 Å². The second-order valence-electron chi connectivity index (χ2n) is 3.15. The molecule has 0 radical (unpaired) electrons. The zero-order chi connectivity index (χ0) is 10.8. The van der Waals surface area contributed by atoms with Gasteiger partial charge >= 0.3 is 0 Å². The summed E-state index contributed by atoms with van der Waals surface area (Å²) >= 11 is 1.23. The van der Waals surface area contributed by atoms with Gasteiger partial charge in [-0.3, -0.25) is 4.79 Å². The molecule has 1 heterocycles. The van der Waals surface area contributed by atoms with Gasteiger partial charge in [0.15, 0.2) is 10.9 Å². The Morgan fingerprint density at radius 3 is 2.60 bits per heavy atom. The highest BCUT2D eigenvalue weighted by molar-refractivity contribution is 7.17. The summed E-state index contributed by atoms with van der Waals surface area (Å²) < 4.78 is 0. The number of benzene rings is 1. The number of ketones is 1. The Labute approximate surface area is 91.6 Å². The molecule has 0 unspecified atom stereocenters. The number of thiazole rings is 1. The Balaban J connectivity index is 2.58. The summed E-state index contributed by atoms with van der Waals surface area (Å²) in [6, 6.07) is 9.58. The van der Waals surface area contributed by atoms with Crippen molar-refractivity contribution < 1.29 is 4.79 Å². The van der Waals surface area contributed by atoms with E-state index in [0.717, 1.165) is 5.56 Å². The van der Waals surface area contributed by atoms with Crippen molar-refractivity contribution >= 4 is 22.3 Å². The Morgan fingerprint density at radius 1 is 1.33 bits per heavy atom. The van der Waals surface area contributed by atoms with Crippen molar-refractivity contribution in [3.8, 4) is 11.3 Å². The van der Waals surface area contributed by atoms with E-state index in [2.05, 4.69) is 4.98 Å². The molecule has 0 bridgehead atoms. The summed E-state index contributed by atoms with van der Waals surface area (Å²) in [6.45, 7) is 1.53. The van der Waals surface area contributed by atoms with E-state index in [-0.39, 0.29) is 5.78 Å². The van der Waals surface area contributed by atoms with Gasteiger partial charge in [0.2, 0.25) is 0 Å². The minimum Gasteiger partial charge on any atom is -0.375 e. The topological polar surface area (TPSA) is 56.0 Å². The average Bonchev–Trinajstić information content (AvgIpc) is 2.62. The minimum absolute atomic E-state index is 0.00283. The van der Waals surface area contributed by atoms with Crippen LogP contribution < -0.4 is 5.73 Å². The fourth-order valence-electron chi connectivity index (χ4n) is 1.37. The SMILES string of the molecule is CC(=O)c1sc(N)nc1-c1ccccc1. The van der Waals surface area contributed by atoms with Gasteiger partial charge in [0.1, 0.15) is 0 Å². The number of Topliss-reactive ketones (excluding diaryl/α,β-unsaturated/α-hetero) is 1. The number of carbonyl (C=O) groups excluding carboxylic acids is 1. The van der Waals surface area contributed by atoms with E-state index >= 15 is 0 Å². The van der Waals surface area contributed by atoms with Gasteiger partial charge < -0.3 is 5.73 Å². The van der Waals surface area contributed by atoms with Gasteiger partial charge in [-0.05, 0) is 0 Å². The molecule has 0 aliphatic heterocycles. The van der Waals surface area contributed by atoms with Crippen LogP contribution in [0.25, 0.3) is 11.3 Å². The van der Waals surface area contributed by atoms with E-state index in [1.807, 2.05) is 30.3 Å². The first-order valence-corrected chi connectivity index (χ1v) is 5.33. The number of aromatic nitrogens is 1. The summed E-state index contributed by atoms with van der Waals surface area (Å²) in [5.41, 5.74) is 7.22. The zero-order valence-corrected chi connectivity index (χ0v) is 9.04. The zero-order valence-electron chi connectivity index (χ0n) is 8.23. The highest BCUT2D eigenvalue weighted by Crippen LogP contribution is 2.29. The van der Waals surface area contributed by atoms with Gasteiger partial charge in [-0.1, -0.05) is 41.7 Å². The first-order valence-electron chi connectivity index (χ1n) is 4.51. The normalized spacial score (nSPS) is 10.2. The lowest BCUT2D eigenvalue weighted by atomic mass is 10.1. The van der Waals surface area contributed by atoms with Crippen molar-refractivity contribution in [3.05, 3.63) is 35.2 Å². The Kier molecular flexibility index (Phi) is 2.51. The Bertz CT molecular complexity index is 491. The van der Waals surface area contributed by atoms with Crippen LogP contribution in [0.4, 0.5) is 5.13 Å². The molecule has 0 atom stereocenters. The van der Waals surface area contributed by atoms with Crippen molar-refractivity contribution in [1.29, 1.82) is 0 Å². The van der Waals surface area contributed by atoms with Crippen LogP contribution in [0.5, 0.6) is 0 Å². The largest absolute Gasteiger partial charge is 0.375 e. The molecule has 0 spiro atoms. The second kappa shape index (κ2) is 3.82. The lowest BCUT2D eigenvalue weighted by Gasteiger charge is -1.97. The van der Waals surface area contributed by atoms with Crippen LogP contribution in [-0.2, 0) is 0 Å². The predicted octanol–water partition coefficient (Wildman–Crippen LogP) is 2.59. The van der Waals surface area contributed by atoms with Gasteiger partial charge in [-0.25, -0.2) is 4.98 Å². The van der Waals surface area contributed by atoms with Crippen LogP contribution in [0.3, 0.4) is 0 Å². The third kappa shape index (κ3) is 1.89. The molecule has 3 nitrogen and oxygen atoms in total. The summed E-state index contributed by atoms with van der Waals surface area (Å²) in [6.07, 6.45) is 0. The molecule has 0 fully saturated rings. The summed E-state index contributed by atoms with van der Waals surface area (Å²) in [5.74, 6) is 0.00283. The van der Waals surface area contributed by atoms with Gasteiger partial charge in [0.25, 0.3) is 0 Å². The first-order chi connectivity index (χ1) is 7.18. The molecule has 1 aromatic heterocycles. The molecular formula is C11H10N2OS. The van der Waals surface area contributed by atoms with Crippen LogP contribution in [0, 0.1) is 0 Å². The van der Waals surface area contributed by atoms with E-state index in [1.165, 1.54) is 18.3 Å². The first kappa shape index (κ1) is 9.86. The Morgan fingerprint density at radius 2 is 2.00 bits per heavy atom. The number of nitrogens with two attached hydrogens (primary N) is 1. The monoisotopic (exact) mass is 218 g/mol. The number of nitrogen functional groups attached to an aromatic ring is 1. The molecule has 0 aliphatic carbocycles. The maximum Gasteiger partial charge on any atom is 0.181 e. The van der Waals surface area contributed by atoms with Crippen LogP contribution >= 0.6 is 11.3 Å². The molecule has 4 heteroatoms. The van der Waals surface area contributed by atoms with Crippen LogP contribution in [0.1, 0.15) is 16.6 Å².